The van der Waals surface area contributed by atoms with E-state index in [1.165, 1.54) is 38.5 Å². The van der Waals surface area contributed by atoms with Crippen molar-refractivity contribution in [3.63, 3.8) is 0 Å². The normalized spacial score (nSPS) is 9.95. The van der Waals surface area contributed by atoms with Gasteiger partial charge in [0, 0.05) is 0 Å². The standard InChI is InChI=1S/C18H30O2/c1-4-7-8-9-10-11-12-13-14-15-16-17-18(19-5-2)20-6-3/h13-14,17H,4-12H2,1-3H3/b14-13-. The van der Waals surface area contributed by atoms with Gasteiger partial charge in [0.25, 0.3) is 5.95 Å². The van der Waals surface area contributed by atoms with Crippen LogP contribution >= 0.6 is 0 Å². The average molecular weight is 278 g/mol. The number of allylic oxidation sites excluding steroid dienone is 3. The molecule has 0 rings (SSSR count). The fourth-order valence-corrected chi connectivity index (χ4v) is 1.74. The maximum atomic E-state index is 5.29. The molecule has 0 unspecified atom stereocenters. The molecule has 20 heavy (non-hydrogen) atoms. The molecule has 2 heteroatoms. The van der Waals surface area contributed by atoms with Crippen molar-refractivity contribution in [1.29, 1.82) is 0 Å². The van der Waals surface area contributed by atoms with Crippen molar-refractivity contribution < 1.29 is 9.47 Å². The molecule has 0 spiro atoms. The first-order chi connectivity index (χ1) is 9.85. The van der Waals surface area contributed by atoms with Crippen molar-refractivity contribution in [2.24, 2.45) is 0 Å². The van der Waals surface area contributed by atoms with Gasteiger partial charge in [-0.15, -0.1) is 0 Å². The third-order valence-electron chi connectivity index (χ3n) is 2.77. The molecule has 0 aliphatic rings. The Morgan fingerprint density at radius 2 is 1.50 bits per heavy atom. The van der Waals surface area contributed by atoms with Crippen LogP contribution in [-0.4, -0.2) is 13.2 Å². The Balaban J connectivity index is 3.72. The maximum Gasteiger partial charge on any atom is 0.287 e. The van der Waals surface area contributed by atoms with Gasteiger partial charge in [0.15, 0.2) is 0 Å². The first-order valence-corrected chi connectivity index (χ1v) is 7.96. The van der Waals surface area contributed by atoms with Gasteiger partial charge in [0.05, 0.1) is 19.3 Å². The van der Waals surface area contributed by atoms with E-state index in [9.17, 15) is 0 Å². The minimum Gasteiger partial charge on any atom is -0.465 e. The predicted octanol–water partition coefficient (Wildman–Crippen LogP) is 5.21. The van der Waals surface area contributed by atoms with Gasteiger partial charge < -0.3 is 9.47 Å². The molecule has 0 radical (unpaired) electrons. The van der Waals surface area contributed by atoms with E-state index in [4.69, 9.17) is 9.47 Å². The Hall–Kier alpha value is -1.36. The van der Waals surface area contributed by atoms with Gasteiger partial charge in [-0.25, -0.2) is 0 Å². The summed E-state index contributed by atoms with van der Waals surface area (Å²) in [5.74, 6) is 6.41. The molecule has 2 nitrogen and oxygen atoms in total. The van der Waals surface area contributed by atoms with Crippen LogP contribution in [-0.2, 0) is 9.47 Å². The highest BCUT2D eigenvalue weighted by atomic mass is 16.7. The highest BCUT2D eigenvalue weighted by molar-refractivity contribution is 5.23. The van der Waals surface area contributed by atoms with Crippen LogP contribution in [0.1, 0.15) is 65.7 Å². The molecule has 0 saturated carbocycles. The number of hydrogen-bond donors (Lipinski definition) is 0. The maximum absolute atomic E-state index is 5.29. The van der Waals surface area contributed by atoms with Crippen LogP contribution in [0.5, 0.6) is 0 Å². The van der Waals surface area contributed by atoms with Gasteiger partial charge in [0.1, 0.15) is 0 Å². The minimum atomic E-state index is 0.506. The lowest BCUT2D eigenvalue weighted by atomic mass is 10.1. The van der Waals surface area contributed by atoms with E-state index in [1.807, 2.05) is 19.9 Å². The van der Waals surface area contributed by atoms with Gasteiger partial charge in [0.2, 0.25) is 0 Å². The molecule has 0 N–H and O–H groups in total. The molecule has 0 aromatic carbocycles. The van der Waals surface area contributed by atoms with Crippen molar-refractivity contribution in [1.82, 2.24) is 0 Å². The molecule has 0 fully saturated rings. The summed E-state index contributed by atoms with van der Waals surface area (Å²) in [6.45, 7) is 7.31. The van der Waals surface area contributed by atoms with Crippen LogP contribution in [0.25, 0.3) is 0 Å². The zero-order valence-electron chi connectivity index (χ0n) is 13.4. The van der Waals surface area contributed by atoms with Crippen LogP contribution in [0.15, 0.2) is 24.2 Å². The lowest BCUT2D eigenvalue weighted by Crippen LogP contribution is -1.96. The van der Waals surface area contributed by atoms with Crippen LogP contribution in [0.2, 0.25) is 0 Å². The van der Waals surface area contributed by atoms with Crippen molar-refractivity contribution in [2.75, 3.05) is 13.2 Å². The number of hydrogen-bond acceptors (Lipinski definition) is 2. The van der Waals surface area contributed by atoms with Gasteiger partial charge in [-0.2, -0.15) is 0 Å². The highest BCUT2D eigenvalue weighted by Gasteiger charge is 1.92. The summed E-state index contributed by atoms with van der Waals surface area (Å²) in [7, 11) is 0. The topological polar surface area (TPSA) is 18.5 Å². The number of unbranched alkanes of at least 4 members (excludes halogenated alkanes) is 6. The van der Waals surface area contributed by atoms with E-state index < -0.39 is 0 Å². The van der Waals surface area contributed by atoms with E-state index in [2.05, 4.69) is 24.8 Å². The summed E-state index contributed by atoms with van der Waals surface area (Å²) in [6.07, 6.45) is 14.9. The predicted molar refractivity (Wildman–Crippen MR) is 86.2 cm³/mol. The van der Waals surface area contributed by atoms with Gasteiger partial charge in [-0.1, -0.05) is 56.9 Å². The third kappa shape index (κ3) is 13.1. The molecule has 0 aromatic rings. The zero-order valence-corrected chi connectivity index (χ0v) is 13.4. The van der Waals surface area contributed by atoms with Gasteiger partial charge in [-0.05, 0) is 32.8 Å². The zero-order chi connectivity index (χ0) is 14.9. The van der Waals surface area contributed by atoms with Gasteiger partial charge >= 0.3 is 0 Å². The average Bonchev–Trinajstić information content (AvgIpc) is 2.45. The molecule has 0 saturated heterocycles. The lowest BCUT2D eigenvalue weighted by molar-refractivity contribution is 0.0471. The molecule has 0 bridgehead atoms. The van der Waals surface area contributed by atoms with E-state index in [0.29, 0.717) is 19.2 Å². The van der Waals surface area contributed by atoms with E-state index in [0.717, 1.165) is 6.42 Å². The molecular weight excluding hydrogens is 248 g/mol. The Morgan fingerprint density at radius 3 is 2.15 bits per heavy atom. The first-order valence-electron chi connectivity index (χ1n) is 7.96. The largest absolute Gasteiger partial charge is 0.465 e. The molecular formula is C18H30O2. The van der Waals surface area contributed by atoms with Crippen molar-refractivity contribution in [3.05, 3.63) is 24.2 Å². The molecule has 0 aliphatic carbocycles. The Bertz CT molecular complexity index is 310. The summed E-state index contributed by atoms with van der Waals surface area (Å²) in [5.41, 5.74) is 0. The van der Waals surface area contributed by atoms with E-state index in [1.54, 1.807) is 6.08 Å². The Morgan fingerprint density at radius 1 is 0.850 bits per heavy atom. The number of ether oxygens (including phenoxy) is 2. The van der Waals surface area contributed by atoms with E-state index >= 15 is 0 Å². The van der Waals surface area contributed by atoms with Crippen LogP contribution in [0.3, 0.4) is 0 Å². The van der Waals surface area contributed by atoms with E-state index in [-0.39, 0.29) is 0 Å². The van der Waals surface area contributed by atoms with Crippen molar-refractivity contribution in [3.8, 4) is 11.8 Å². The molecule has 114 valence electrons. The van der Waals surface area contributed by atoms with Crippen LogP contribution in [0, 0.1) is 11.8 Å². The second-order valence-corrected chi connectivity index (χ2v) is 4.58. The summed E-state index contributed by atoms with van der Waals surface area (Å²) >= 11 is 0. The fourth-order valence-electron chi connectivity index (χ4n) is 1.74. The number of rotatable bonds is 11. The van der Waals surface area contributed by atoms with Gasteiger partial charge in [-0.3, -0.25) is 0 Å². The molecule has 0 amide bonds. The van der Waals surface area contributed by atoms with Crippen molar-refractivity contribution >= 4 is 0 Å². The summed E-state index contributed by atoms with van der Waals surface area (Å²) in [4.78, 5) is 0. The summed E-state index contributed by atoms with van der Waals surface area (Å²) < 4.78 is 10.6. The Labute approximate surface area is 125 Å². The monoisotopic (exact) mass is 278 g/mol. The smallest absolute Gasteiger partial charge is 0.287 e. The quantitative estimate of drug-likeness (QED) is 0.293. The SMILES string of the molecule is CCCCCCCC/C=C\C#CC=C(OCC)OCC. The second kappa shape index (κ2) is 15.7. The first kappa shape index (κ1) is 18.6. The summed E-state index contributed by atoms with van der Waals surface area (Å²) in [6, 6.07) is 0. The lowest BCUT2D eigenvalue weighted by Gasteiger charge is -2.06. The van der Waals surface area contributed by atoms with Crippen LogP contribution < -0.4 is 0 Å². The second-order valence-electron chi connectivity index (χ2n) is 4.58. The summed E-state index contributed by atoms with van der Waals surface area (Å²) in [5, 5.41) is 0. The fraction of sp³-hybridized carbons (Fsp3) is 0.667. The van der Waals surface area contributed by atoms with Crippen molar-refractivity contribution in [2.45, 2.75) is 65.7 Å². The Kier molecular flexibility index (Phi) is 14.6. The third-order valence-corrected chi connectivity index (χ3v) is 2.77. The minimum absolute atomic E-state index is 0.506. The molecule has 0 heterocycles. The van der Waals surface area contributed by atoms with Crippen LogP contribution in [0.4, 0.5) is 0 Å². The molecule has 0 aromatic heterocycles. The molecule has 0 atom stereocenters. The highest BCUT2D eigenvalue weighted by Crippen LogP contribution is 2.06. The molecule has 0 aliphatic heterocycles.